The number of carbonyl (C=O) groups is 1. The number of hydrogen-bond acceptors (Lipinski definition) is 4. The maximum absolute atomic E-state index is 13.0. The van der Waals surface area contributed by atoms with Crippen molar-refractivity contribution in [2.24, 2.45) is 0 Å². The van der Waals surface area contributed by atoms with Crippen LogP contribution in [-0.4, -0.2) is 20.4 Å². The predicted molar refractivity (Wildman–Crippen MR) is 131 cm³/mol. The average Bonchev–Trinajstić information content (AvgIpc) is 2.84. The Hall–Kier alpha value is -3.91. The first kappa shape index (κ1) is 23.3. The molecule has 4 rings (SSSR count). The van der Waals surface area contributed by atoms with Gasteiger partial charge in [0.15, 0.2) is 6.10 Å². The van der Waals surface area contributed by atoms with E-state index < -0.39 is 21.9 Å². The molecule has 0 radical (unpaired) electrons. The maximum atomic E-state index is 13.0. The molecule has 4 aromatic rings. The zero-order valence-corrected chi connectivity index (χ0v) is 19.2. The standard InChI is InChI=1S/C26H23FN2O4S/c1-2-24(33-25-9-5-7-18-6-3-4-8-23(18)25)26(30)28-20-14-16-22(17-15-20)34(31,32)29-21-12-10-19(27)11-13-21/h3-17,24,29H,2H2,1H3,(H,28,30)/t24-/m1/s1. The number of fused-ring (bicyclic) bond motifs is 1. The third-order valence-electron chi connectivity index (χ3n) is 5.21. The lowest BCUT2D eigenvalue weighted by molar-refractivity contribution is -0.122. The summed E-state index contributed by atoms with van der Waals surface area (Å²) in [6.07, 6.45) is -0.280. The van der Waals surface area contributed by atoms with Crippen LogP contribution < -0.4 is 14.8 Å². The van der Waals surface area contributed by atoms with Gasteiger partial charge in [-0.15, -0.1) is 0 Å². The summed E-state index contributed by atoms with van der Waals surface area (Å²) in [6, 6.07) is 24.2. The van der Waals surface area contributed by atoms with Crippen molar-refractivity contribution < 1.29 is 22.3 Å². The van der Waals surface area contributed by atoms with Gasteiger partial charge in [-0.3, -0.25) is 9.52 Å². The van der Waals surface area contributed by atoms with Crippen molar-refractivity contribution in [3.63, 3.8) is 0 Å². The van der Waals surface area contributed by atoms with E-state index in [9.17, 15) is 17.6 Å². The molecule has 0 fully saturated rings. The lowest BCUT2D eigenvalue weighted by Crippen LogP contribution is -2.32. The first-order valence-corrected chi connectivity index (χ1v) is 12.2. The van der Waals surface area contributed by atoms with Gasteiger partial charge in [-0.25, -0.2) is 12.8 Å². The Bertz CT molecular complexity index is 1400. The smallest absolute Gasteiger partial charge is 0.265 e. The SMILES string of the molecule is CC[C@@H](Oc1cccc2ccccc12)C(=O)Nc1ccc(S(=O)(=O)Nc2ccc(F)cc2)cc1. The van der Waals surface area contributed by atoms with Crippen molar-refractivity contribution in [1.82, 2.24) is 0 Å². The highest BCUT2D eigenvalue weighted by atomic mass is 32.2. The lowest BCUT2D eigenvalue weighted by atomic mass is 10.1. The molecule has 0 saturated heterocycles. The van der Waals surface area contributed by atoms with Gasteiger partial charge in [0.25, 0.3) is 15.9 Å². The molecule has 4 aromatic carbocycles. The second-order valence-electron chi connectivity index (χ2n) is 7.62. The normalized spacial score (nSPS) is 12.2. The van der Waals surface area contributed by atoms with Gasteiger partial charge in [0.05, 0.1) is 4.90 Å². The van der Waals surface area contributed by atoms with E-state index in [4.69, 9.17) is 4.74 Å². The van der Waals surface area contributed by atoms with Crippen LogP contribution in [0.5, 0.6) is 5.75 Å². The average molecular weight is 479 g/mol. The van der Waals surface area contributed by atoms with Crippen LogP contribution in [0.15, 0.2) is 95.9 Å². The lowest BCUT2D eigenvalue weighted by Gasteiger charge is -2.18. The van der Waals surface area contributed by atoms with E-state index in [0.29, 0.717) is 17.9 Å². The number of hydrogen-bond donors (Lipinski definition) is 2. The van der Waals surface area contributed by atoms with Crippen LogP contribution in [0.3, 0.4) is 0 Å². The molecule has 0 aliphatic rings. The van der Waals surface area contributed by atoms with Crippen LogP contribution in [0.1, 0.15) is 13.3 Å². The van der Waals surface area contributed by atoms with Crippen LogP contribution in [0.4, 0.5) is 15.8 Å². The molecular formula is C26H23FN2O4S. The quantitative estimate of drug-likeness (QED) is 0.346. The Morgan fingerprint density at radius 2 is 1.53 bits per heavy atom. The first-order chi connectivity index (χ1) is 16.4. The summed E-state index contributed by atoms with van der Waals surface area (Å²) in [4.78, 5) is 12.8. The predicted octanol–water partition coefficient (Wildman–Crippen LogP) is 5.58. The van der Waals surface area contributed by atoms with E-state index in [1.54, 1.807) is 0 Å². The molecule has 0 aromatic heterocycles. The van der Waals surface area contributed by atoms with Gasteiger partial charge in [-0.2, -0.15) is 0 Å². The van der Waals surface area contributed by atoms with Gasteiger partial charge in [0, 0.05) is 16.8 Å². The fourth-order valence-electron chi connectivity index (χ4n) is 3.45. The zero-order valence-electron chi connectivity index (χ0n) is 18.4. The van der Waals surface area contributed by atoms with Crippen molar-refractivity contribution in [2.45, 2.75) is 24.3 Å². The number of amides is 1. The van der Waals surface area contributed by atoms with Gasteiger partial charge in [0.1, 0.15) is 11.6 Å². The van der Waals surface area contributed by atoms with Crippen LogP contribution in [0, 0.1) is 5.82 Å². The number of anilines is 2. The molecular weight excluding hydrogens is 455 g/mol. The van der Waals surface area contributed by atoms with E-state index >= 15 is 0 Å². The fourth-order valence-corrected chi connectivity index (χ4v) is 4.50. The van der Waals surface area contributed by atoms with Gasteiger partial charge in [-0.05, 0) is 66.4 Å². The minimum absolute atomic E-state index is 0.00821. The number of sulfonamides is 1. The fraction of sp³-hybridized carbons (Fsp3) is 0.115. The summed E-state index contributed by atoms with van der Waals surface area (Å²) >= 11 is 0. The molecule has 0 bridgehead atoms. The minimum atomic E-state index is -3.86. The Morgan fingerprint density at radius 1 is 0.882 bits per heavy atom. The van der Waals surface area contributed by atoms with E-state index in [1.807, 2.05) is 49.4 Å². The molecule has 0 unspecified atom stereocenters. The highest BCUT2D eigenvalue weighted by Crippen LogP contribution is 2.27. The van der Waals surface area contributed by atoms with Gasteiger partial charge in [0.2, 0.25) is 0 Å². The molecule has 8 heteroatoms. The molecule has 1 amide bonds. The zero-order chi connectivity index (χ0) is 24.1. The summed E-state index contributed by atoms with van der Waals surface area (Å²) < 4.78 is 46.6. The molecule has 0 heterocycles. The number of halogens is 1. The summed E-state index contributed by atoms with van der Waals surface area (Å²) in [6.45, 7) is 1.85. The van der Waals surface area contributed by atoms with Crippen LogP contribution in [-0.2, 0) is 14.8 Å². The van der Waals surface area contributed by atoms with Crippen molar-refractivity contribution in [2.75, 3.05) is 10.0 Å². The van der Waals surface area contributed by atoms with Gasteiger partial charge < -0.3 is 10.1 Å². The molecule has 0 spiro atoms. The Morgan fingerprint density at radius 3 is 2.24 bits per heavy atom. The largest absolute Gasteiger partial charge is 0.480 e. The van der Waals surface area contributed by atoms with Gasteiger partial charge in [-0.1, -0.05) is 43.3 Å². The van der Waals surface area contributed by atoms with Crippen molar-refractivity contribution in [3.05, 3.63) is 96.8 Å². The third-order valence-corrected chi connectivity index (χ3v) is 6.61. The Balaban J connectivity index is 1.44. The number of benzene rings is 4. The molecule has 34 heavy (non-hydrogen) atoms. The minimum Gasteiger partial charge on any atom is -0.480 e. The molecule has 2 N–H and O–H groups in total. The number of ether oxygens (including phenoxy) is 1. The maximum Gasteiger partial charge on any atom is 0.265 e. The summed E-state index contributed by atoms with van der Waals surface area (Å²) in [7, 11) is -3.86. The van der Waals surface area contributed by atoms with E-state index in [1.165, 1.54) is 48.5 Å². The van der Waals surface area contributed by atoms with E-state index in [-0.39, 0.29) is 16.5 Å². The second-order valence-corrected chi connectivity index (χ2v) is 9.30. The molecule has 0 aliphatic carbocycles. The van der Waals surface area contributed by atoms with Crippen molar-refractivity contribution >= 4 is 38.1 Å². The van der Waals surface area contributed by atoms with Gasteiger partial charge >= 0.3 is 0 Å². The Kier molecular flexibility index (Phi) is 6.79. The Labute approximate surface area is 197 Å². The monoisotopic (exact) mass is 478 g/mol. The van der Waals surface area contributed by atoms with E-state index in [2.05, 4.69) is 10.0 Å². The van der Waals surface area contributed by atoms with Crippen molar-refractivity contribution in [3.8, 4) is 5.75 Å². The number of carbonyl (C=O) groups excluding carboxylic acids is 1. The van der Waals surface area contributed by atoms with E-state index in [0.717, 1.165) is 10.8 Å². The molecule has 6 nitrogen and oxygen atoms in total. The molecule has 1 atom stereocenters. The van der Waals surface area contributed by atoms with Crippen molar-refractivity contribution in [1.29, 1.82) is 0 Å². The first-order valence-electron chi connectivity index (χ1n) is 10.7. The summed E-state index contributed by atoms with van der Waals surface area (Å²) in [5, 5.41) is 4.71. The highest BCUT2D eigenvalue weighted by Gasteiger charge is 2.20. The number of nitrogens with one attached hydrogen (secondary N) is 2. The van der Waals surface area contributed by atoms with Crippen LogP contribution >= 0.6 is 0 Å². The third kappa shape index (κ3) is 5.35. The topological polar surface area (TPSA) is 84.5 Å². The summed E-state index contributed by atoms with van der Waals surface area (Å²) in [5.41, 5.74) is 0.681. The highest BCUT2D eigenvalue weighted by molar-refractivity contribution is 7.92. The molecule has 0 aliphatic heterocycles. The number of rotatable bonds is 8. The summed E-state index contributed by atoms with van der Waals surface area (Å²) in [5.74, 6) is -0.179. The van der Waals surface area contributed by atoms with Crippen LogP contribution in [0.2, 0.25) is 0 Å². The molecule has 0 saturated carbocycles. The molecule has 174 valence electrons. The second kappa shape index (κ2) is 9.93. The van der Waals surface area contributed by atoms with Crippen LogP contribution in [0.25, 0.3) is 10.8 Å².